The smallest absolute Gasteiger partial charge is 0.319 e. The second-order valence-electron chi connectivity index (χ2n) is 5.51. The van der Waals surface area contributed by atoms with Gasteiger partial charge < -0.3 is 15.7 Å². The highest BCUT2D eigenvalue weighted by molar-refractivity contribution is 9.10. The van der Waals surface area contributed by atoms with Gasteiger partial charge in [0.15, 0.2) is 0 Å². The van der Waals surface area contributed by atoms with E-state index in [1.165, 1.54) is 0 Å². The molecule has 2 amide bonds. The largest absolute Gasteiger partial charge is 0.390 e. The minimum Gasteiger partial charge on any atom is -0.390 e. The summed E-state index contributed by atoms with van der Waals surface area (Å²) in [5, 5.41) is 15.8. The third-order valence-corrected chi connectivity index (χ3v) is 4.80. The average molecular weight is 361 g/mol. The van der Waals surface area contributed by atoms with Crippen LogP contribution < -0.4 is 10.6 Å². The van der Waals surface area contributed by atoms with Crippen LogP contribution in [0.4, 0.5) is 10.5 Å². The van der Waals surface area contributed by atoms with Gasteiger partial charge in [0.1, 0.15) is 0 Å². The molecule has 22 heavy (non-hydrogen) atoms. The molecule has 5 heteroatoms. The van der Waals surface area contributed by atoms with Gasteiger partial charge in [0.05, 0.1) is 12.1 Å². The van der Waals surface area contributed by atoms with Gasteiger partial charge in [-0.1, -0.05) is 40.2 Å². The molecule has 0 fully saturated rings. The number of amides is 2. The second kappa shape index (κ2) is 6.10. The van der Waals surface area contributed by atoms with E-state index < -0.39 is 6.10 Å². The Morgan fingerprint density at radius 1 is 1.27 bits per heavy atom. The number of fused-ring (bicyclic) bond motifs is 1. The van der Waals surface area contributed by atoms with Crippen LogP contribution in [0.3, 0.4) is 0 Å². The van der Waals surface area contributed by atoms with Crippen molar-refractivity contribution in [2.75, 3.05) is 5.32 Å². The zero-order valence-corrected chi connectivity index (χ0v) is 13.7. The van der Waals surface area contributed by atoms with E-state index in [0.29, 0.717) is 6.42 Å². The number of carbonyl (C=O) groups is 1. The number of carbonyl (C=O) groups excluding carboxylic acids is 1. The van der Waals surface area contributed by atoms with Crippen molar-refractivity contribution in [1.82, 2.24) is 5.32 Å². The molecule has 0 spiro atoms. The normalized spacial score (nSPS) is 19.6. The highest BCUT2D eigenvalue weighted by Crippen LogP contribution is 2.31. The van der Waals surface area contributed by atoms with Crippen molar-refractivity contribution in [2.45, 2.75) is 25.5 Å². The molecule has 0 saturated heterocycles. The topological polar surface area (TPSA) is 61.4 Å². The van der Waals surface area contributed by atoms with Crippen molar-refractivity contribution in [3.63, 3.8) is 0 Å². The molecule has 4 nitrogen and oxygen atoms in total. The molecular weight excluding hydrogens is 344 g/mol. The minimum atomic E-state index is -0.588. The Kier molecular flexibility index (Phi) is 4.18. The monoisotopic (exact) mass is 360 g/mol. The van der Waals surface area contributed by atoms with Gasteiger partial charge in [0.2, 0.25) is 0 Å². The fourth-order valence-corrected chi connectivity index (χ4v) is 3.03. The summed E-state index contributed by atoms with van der Waals surface area (Å²) >= 11 is 3.43. The maximum Gasteiger partial charge on any atom is 0.319 e. The van der Waals surface area contributed by atoms with Gasteiger partial charge in [-0.3, -0.25) is 0 Å². The molecule has 0 aromatic heterocycles. The predicted molar refractivity (Wildman–Crippen MR) is 89.9 cm³/mol. The number of hydrogen-bond donors (Lipinski definition) is 3. The van der Waals surface area contributed by atoms with E-state index in [9.17, 15) is 9.90 Å². The summed E-state index contributed by atoms with van der Waals surface area (Å²) in [6.07, 6.45) is -0.0202. The van der Waals surface area contributed by atoms with Crippen LogP contribution in [0.1, 0.15) is 22.7 Å². The molecule has 0 saturated carbocycles. The molecular formula is C17H17BrN2O2. The summed E-state index contributed by atoms with van der Waals surface area (Å²) in [5.74, 6) is 0. The quantitative estimate of drug-likeness (QED) is 0.766. The molecule has 0 radical (unpaired) electrons. The lowest BCUT2D eigenvalue weighted by atomic mass is 10.1. The molecule has 0 aliphatic heterocycles. The molecule has 1 aliphatic carbocycles. The van der Waals surface area contributed by atoms with Gasteiger partial charge in [-0.25, -0.2) is 4.79 Å². The van der Waals surface area contributed by atoms with Gasteiger partial charge in [0.25, 0.3) is 0 Å². The maximum atomic E-state index is 12.2. The molecule has 2 aromatic carbocycles. The molecule has 2 aromatic rings. The van der Waals surface area contributed by atoms with Crippen LogP contribution in [0.2, 0.25) is 0 Å². The Balaban J connectivity index is 1.70. The lowest BCUT2D eigenvalue weighted by molar-refractivity contribution is 0.144. The summed E-state index contributed by atoms with van der Waals surface area (Å²) < 4.78 is 0.999. The van der Waals surface area contributed by atoms with Crippen LogP contribution in [0.25, 0.3) is 0 Å². The Morgan fingerprint density at radius 2 is 2.05 bits per heavy atom. The van der Waals surface area contributed by atoms with Gasteiger partial charge >= 0.3 is 6.03 Å². The second-order valence-corrected chi connectivity index (χ2v) is 6.36. The van der Waals surface area contributed by atoms with Crippen LogP contribution in [0.5, 0.6) is 0 Å². The lowest BCUT2D eigenvalue weighted by Crippen LogP contribution is -2.36. The molecule has 114 valence electrons. The highest BCUT2D eigenvalue weighted by atomic mass is 79.9. The molecule has 3 rings (SSSR count). The van der Waals surface area contributed by atoms with Gasteiger partial charge in [-0.15, -0.1) is 0 Å². The number of benzene rings is 2. The van der Waals surface area contributed by atoms with Crippen LogP contribution in [0, 0.1) is 6.92 Å². The van der Waals surface area contributed by atoms with Crippen molar-refractivity contribution in [2.24, 2.45) is 0 Å². The van der Waals surface area contributed by atoms with Crippen LogP contribution >= 0.6 is 15.9 Å². The van der Waals surface area contributed by atoms with E-state index in [-0.39, 0.29) is 12.1 Å². The summed E-state index contributed by atoms with van der Waals surface area (Å²) in [4.78, 5) is 12.2. The molecule has 0 unspecified atom stereocenters. The third kappa shape index (κ3) is 3.00. The number of aliphatic hydroxyl groups excluding tert-OH is 1. The third-order valence-electron chi connectivity index (χ3n) is 3.91. The number of aliphatic hydroxyl groups is 1. The Morgan fingerprint density at radius 3 is 2.82 bits per heavy atom. The van der Waals surface area contributed by atoms with E-state index in [2.05, 4.69) is 26.6 Å². The van der Waals surface area contributed by atoms with Gasteiger partial charge in [-0.2, -0.15) is 0 Å². The number of urea groups is 1. The molecule has 0 heterocycles. The van der Waals surface area contributed by atoms with E-state index >= 15 is 0 Å². The van der Waals surface area contributed by atoms with Crippen molar-refractivity contribution < 1.29 is 9.90 Å². The average Bonchev–Trinajstić information content (AvgIpc) is 2.79. The van der Waals surface area contributed by atoms with Crippen molar-refractivity contribution in [3.05, 3.63) is 63.6 Å². The van der Waals surface area contributed by atoms with Crippen LogP contribution in [-0.4, -0.2) is 17.2 Å². The van der Waals surface area contributed by atoms with E-state index in [1.54, 1.807) is 0 Å². The lowest BCUT2D eigenvalue weighted by Gasteiger charge is -2.18. The van der Waals surface area contributed by atoms with Crippen LogP contribution in [0.15, 0.2) is 46.9 Å². The van der Waals surface area contributed by atoms with Gasteiger partial charge in [0, 0.05) is 16.6 Å². The predicted octanol–water partition coefficient (Wildman–Crippen LogP) is 3.54. The fourth-order valence-electron chi connectivity index (χ4n) is 2.78. The molecule has 3 N–H and O–H groups in total. The number of rotatable bonds is 2. The Bertz CT molecular complexity index is 718. The zero-order chi connectivity index (χ0) is 15.7. The number of hydrogen-bond acceptors (Lipinski definition) is 2. The zero-order valence-electron chi connectivity index (χ0n) is 12.1. The maximum absolute atomic E-state index is 12.2. The molecule has 2 atom stereocenters. The van der Waals surface area contributed by atoms with E-state index in [1.807, 2.05) is 49.4 Å². The Labute approximate surface area is 137 Å². The Hall–Kier alpha value is -1.85. The van der Waals surface area contributed by atoms with Crippen molar-refractivity contribution >= 4 is 27.6 Å². The first-order valence-electron chi connectivity index (χ1n) is 7.14. The SMILES string of the molecule is Cc1cc(NC(=O)N[C@@H]2c3ccccc3C[C@@H]2O)ccc1Br. The van der Waals surface area contributed by atoms with Crippen LogP contribution in [-0.2, 0) is 6.42 Å². The van der Waals surface area contributed by atoms with E-state index in [4.69, 9.17) is 0 Å². The molecule has 1 aliphatic rings. The standard InChI is InChI=1S/C17H17BrN2O2/c1-10-8-12(6-7-14(10)18)19-17(22)20-16-13-5-3-2-4-11(13)9-15(16)21/h2-8,15-16,21H,9H2,1H3,(H2,19,20,22)/t15-,16+/m0/s1. The highest BCUT2D eigenvalue weighted by Gasteiger charge is 2.31. The number of halogens is 1. The summed E-state index contributed by atoms with van der Waals surface area (Å²) in [7, 11) is 0. The summed E-state index contributed by atoms with van der Waals surface area (Å²) in [6.45, 7) is 1.96. The molecule has 0 bridgehead atoms. The number of nitrogens with one attached hydrogen (secondary N) is 2. The van der Waals surface area contributed by atoms with Crippen molar-refractivity contribution in [3.8, 4) is 0 Å². The summed E-state index contributed by atoms with van der Waals surface area (Å²) in [6, 6.07) is 12.7. The minimum absolute atomic E-state index is 0.317. The van der Waals surface area contributed by atoms with Gasteiger partial charge in [-0.05, 0) is 41.8 Å². The fraction of sp³-hybridized carbons (Fsp3) is 0.235. The first-order chi connectivity index (χ1) is 10.5. The first-order valence-corrected chi connectivity index (χ1v) is 7.93. The summed E-state index contributed by atoms with van der Waals surface area (Å²) in [5.41, 5.74) is 3.83. The number of aryl methyl sites for hydroxylation is 1. The number of anilines is 1. The first kappa shape index (κ1) is 15.1. The van der Waals surface area contributed by atoms with Crippen molar-refractivity contribution in [1.29, 1.82) is 0 Å². The van der Waals surface area contributed by atoms with E-state index in [0.717, 1.165) is 26.9 Å².